The lowest BCUT2D eigenvalue weighted by Crippen LogP contribution is -2.49. The molecule has 0 unspecified atom stereocenters. The highest BCUT2D eigenvalue weighted by Gasteiger charge is 2.52. The molecule has 1 aromatic heterocycles. The Morgan fingerprint density at radius 2 is 1.45 bits per heavy atom. The summed E-state index contributed by atoms with van der Waals surface area (Å²) in [5, 5.41) is 7.32. The van der Waals surface area contributed by atoms with Crippen LogP contribution in [-0.2, 0) is 31.8 Å². The Balaban J connectivity index is 2.05. The van der Waals surface area contributed by atoms with E-state index in [1.807, 2.05) is 0 Å². The monoisotopic (exact) mass is 661 g/mol. The molecule has 3 aromatic rings. The minimum absolute atomic E-state index is 0.0715. The van der Waals surface area contributed by atoms with Gasteiger partial charge in [0.25, 0.3) is 5.56 Å². The summed E-state index contributed by atoms with van der Waals surface area (Å²) in [5.41, 5.74) is -6.31. The number of esters is 2. The summed E-state index contributed by atoms with van der Waals surface area (Å²) in [6, 6.07) is 8.74. The molecule has 0 radical (unpaired) electrons. The summed E-state index contributed by atoms with van der Waals surface area (Å²) in [5.74, 6) is -2.17. The number of nitrogens with zero attached hydrogens (tertiary/aromatic N) is 3. The van der Waals surface area contributed by atoms with Gasteiger partial charge in [-0.2, -0.15) is 13.2 Å². The van der Waals surface area contributed by atoms with Crippen molar-refractivity contribution in [3.8, 4) is 5.75 Å². The Kier molecular flexibility index (Phi) is 11.6. The van der Waals surface area contributed by atoms with Crippen LogP contribution < -0.4 is 10.3 Å². The highest BCUT2D eigenvalue weighted by Crippen LogP contribution is 2.36. The van der Waals surface area contributed by atoms with Gasteiger partial charge in [0.05, 0.1) is 17.6 Å². The number of aromatic nitrogens is 3. The van der Waals surface area contributed by atoms with Crippen molar-refractivity contribution >= 4 is 28.6 Å². The molecule has 0 saturated carbocycles. The number of benzene rings is 2. The van der Waals surface area contributed by atoms with Crippen LogP contribution >= 0.6 is 0 Å². The predicted octanol–water partition coefficient (Wildman–Crippen LogP) is 6.71. The zero-order valence-corrected chi connectivity index (χ0v) is 27.8. The van der Waals surface area contributed by atoms with Crippen LogP contribution in [0.1, 0.15) is 96.5 Å². The minimum Gasteiger partial charge on any atom is -0.494 e. The van der Waals surface area contributed by atoms with Gasteiger partial charge in [0.15, 0.2) is 11.2 Å². The number of halogens is 3. The number of ether oxygens (including phenoxy) is 3. The van der Waals surface area contributed by atoms with Crippen LogP contribution in [0.3, 0.4) is 0 Å². The molecule has 0 aliphatic heterocycles. The first kappa shape index (κ1) is 37.2. The van der Waals surface area contributed by atoms with Crippen molar-refractivity contribution in [1.82, 2.24) is 15.0 Å². The number of hydrogen-bond acceptors (Lipinski definition) is 9. The highest BCUT2D eigenvalue weighted by molar-refractivity contribution is 6.07. The first-order valence-electron chi connectivity index (χ1n) is 15.4. The van der Waals surface area contributed by atoms with Gasteiger partial charge in [-0.1, -0.05) is 25.0 Å². The number of fused-ring (bicyclic) bond motifs is 1. The van der Waals surface area contributed by atoms with E-state index in [2.05, 4.69) is 17.2 Å². The van der Waals surface area contributed by atoms with Gasteiger partial charge in [-0.05, 0) is 96.8 Å². The number of aryl methyl sites for hydroxylation is 1. The summed E-state index contributed by atoms with van der Waals surface area (Å²) < 4.78 is 57.9. The van der Waals surface area contributed by atoms with Gasteiger partial charge in [0.2, 0.25) is 0 Å². The molecule has 0 aliphatic carbocycles. The second-order valence-electron chi connectivity index (χ2n) is 13.4. The van der Waals surface area contributed by atoms with E-state index in [4.69, 9.17) is 14.2 Å². The van der Waals surface area contributed by atoms with E-state index in [0.29, 0.717) is 18.4 Å². The number of carbonyl (C=O) groups is 3. The predicted molar refractivity (Wildman–Crippen MR) is 168 cm³/mol. The molecule has 1 heterocycles. The smallest absolute Gasteiger partial charge is 0.416 e. The largest absolute Gasteiger partial charge is 0.494 e. The van der Waals surface area contributed by atoms with Crippen LogP contribution in [0.2, 0.25) is 0 Å². The topological polar surface area (TPSA) is 127 Å². The summed E-state index contributed by atoms with van der Waals surface area (Å²) in [6.07, 6.45) is -2.99. The van der Waals surface area contributed by atoms with Crippen molar-refractivity contribution in [2.45, 2.75) is 104 Å². The van der Waals surface area contributed by atoms with Crippen LogP contribution in [0, 0.1) is 5.41 Å². The summed E-state index contributed by atoms with van der Waals surface area (Å²) >= 11 is 0. The Labute approximate surface area is 271 Å². The number of unbranched alkanes of at least 4 members (excludes halogenated alkanes) is 2. The molecule has 0 saturated heterocycles. The maximum absolute atomic E-state index is 13.9. The van der Waals surface area contributed by atoms with Gasteiger partial charge >= 0.3 is 18.1 Å². The fourth-order valence-corrected chi connectivity index (χ4v) is 4.62. The Morgan fingerprint density at radius 3 is 1.98 bits per heavy atom. The molecule has 10 nitrogen and oxygen atoms in total. The molecule has 256 valence electrons. The number of rotatable bonds is 13. The number of hydrogen-bond donors (Lipinski definition) is 0. The third-order valence-corrected chi connectivity index (χ3v) is 7.03. The fraction of sp³-hybridized carbons (Fsp3) is 0.529. The lowest BCUT2D eigenvalue weighted by Gasteiger charge is -2.34. The molecule has 0 bridgehead atoms. The Hall–Kier alpha value is -4.29. The first-order valence-corrected chi connectivity index (χ1v) is 15.4. The molecular formula is C34H42F3N3O7. The maximum atomic E-state index is 13.9. The lowest BCUT2D eigenvalue weighted by atomic mass is 9.78. The maximum Gasteiger partial charge on any atom is 0.416 e. The Morgan fingerprint density at radius 1 is 0.851 bits per heavy atom. The summed E-state index contributed by atoms with van der Waals surface area (Å²) in [6.45, 7) is 11.6. The second-order valence-corrected chi connectivity index (χ2v) is 13.4. The molecule has 0 N–H and O–H groups in total. The van der Waals surface area contributed by atoms with Crippen molar-refractivity contribution < 1.29 is 41.8 Å². The van der Waals surface area contributed by atoms with Gasteiger partial charge < -0.3 is 14.2 Å². The van der Waals surface area contributed by atoms with Crippen LogP contribution in [0.15, 0.2) is 47.3 Å². The zero-order valence-electron chi connectivity index (χ0n) is 27.8. The van der Waals surface area contributed by atoms with Crippen LogP contribution in [0.4, 0.5) is 13.2 Å². The van der Waals surface area contributed by atoms with Gasteiger partial charge in [0, 0.05) is 18.5 Å². The first-order chi connectivity index (χ1) is 21.8. The quantitative estimate of drug-likeness (QED) is 0.0850. The second kappa shape index (κ2) is 14.6. The molecule has 13 heteroatoms. The van der Waals surface area contributed by atoms with Crippen LogP contribution in [-0.4, -0.2) is 50.5 Å². The number of carbonyl (C=O) groups excluding carboxylic acids is 3. The SMILES string of the molecule is CCCCCOc1ccc(C(=O)CC(CCn2nnc3ccc(C(F)(F)F)cc3c2=O)(C(=O)OC(C)(C)C)C(=O)OC(C)(C)C)cc1. The van der Waals surface area contributed by atoms with Crippen LogP contribution in [0.5, 0.6) is 5.75 Å². The van der Waals surface area contributed by atoms with Crippen molar-refractivity contribution in [1.29, 1.82) is 0 Å². The molecule has 0 atom stereocenters. The molecule has 0 spiro atoms. The average Bonchev–Trinajstić information content (AvgIpc) is 2.96. The summed E-state index contributed by atoms with van der Waals surface area (Å²) in [7, 11) is 0. The van der Waals surface area contributed by atoms with Gasteiger partial charge in [-0.15, -0.1) is 5.10 Å². The molecule has 47 heavy (non-hydrogen) atoms. The average molecular weight is 662 g/mol. The van der Waals surface area contributed by atoms with E-state index >= 15 is 0 Å². The van der Waals surface area contributed by atoms with Crippen molar-refractivity contribution in [3.05, 3.63) is 63.9 Å². The van der Waals surface area contributed by atoms with E-state index in [9.17, 15) is 32.3 Å². The van der Waals surface area contributed by atoms with E-state index in [-0.39, 0.29) is 16.5 Å². The standard InChI is InChI=1S/C34H42F3N3O7/c1-8-9-10-19-45-24-14-11-22(12-15-24)27(41)21-33(29(43)46-31(2,3)4,30(44)47-32(5,6)7)17-18-40-28(42)25-20-23(34(35,36)37)13-16-26(25)38-39-40/h11-16,20H,8-10,17-19,21H2,1-7H3. The van der Waals surface area contributed by atoms with E-state index < -0.39 is 71.0 Å². The van der Waals surface area contributed by atoms with Crippen LogP contribution in [0.25, 0.3) is 10.9 Å². The third-order valence-electron chi connectivity index (χ3n) is 7.03. The molecule has 0 aliphatic rings. The molecule has 3 rings (SSSR count). The van der Waals surface area contributed by atoms with E-state index in [0.717, 1.165) is 36.1 Å². The molecule has 2 aromatic carbocycles. The van der Waals surface area contributed by atoms with Gasteiger partial charge in [-0.25, -0.2) is 4.68 Å². The van der Waals surface area contributed by atoms with Gasteiger partial charge in [-0.3, -0.25) is 19.2 Å². The minimum atomic E-state index is -4.71. The third kappa shape index (κ3) is 10.1. The fourth-order valence-electron chi connectivity index (χ4n) is 4.62. The van der Waals surface area contributed by atoms with E-state index in [1.165, 1.54) is 12.1 Å². The number of Topliss-reactive ketones (excluding diaryl/α,β-unsaturated/α-hetero) is 1. The molecular weight excluding hydrogens is 619 g/mol. The Bertz CT molecular complexity index is 1610. The summed E-state index contributed by atoms with van der Waals surface area (Å²) in [4.78, 5) is 54.9. The van der Waals surface area contributed by atoms with Crippen molar-refractivity contribution in [3.63, 3.8) is 0 Å². The molecule has 0 amide bonds. The number of ketones is 1. The van der Waals surface area contributed by atoms with Crippen molar-refractivity contribution in [2.75, 3.05) is 6.61 Å². The lowest BCUT2D eigenvalue weighted by molar-refractivity contribution is -0.186. The normalized spacial score (nSPS) is 12.6. The number of alkyl halides is 3. The van der Waals surface area contributed by atoms with E-state index in [1.54, 1.807) is 53.7 Å². The van der Waals surface area contributed by atoms with Gasteiger partial charge in [0.1, 0.15) is 22.5 Å². The molecule has 0 fully saturated rings. The highest BCUT2D eigenvalue weighted by atomic mass is 19.4. The van der Waals surface area contributed by atoms with Crippen molar-refractivity contribution in [2.24, 2.45) is 5.41 Å². The zero-order chi connectivity index (χ0) is 35.2.